The van der Waals surface area contributed by atoms with E-state index in [2.05, 4.69) is 17.1 Å². The summed E-state index contributed by atoms with van der Waals surface area (Å²) < 4.78 is 17.9. The van der Waals surface area contributed by atoms with Gasteiger partial charge >= 0.3 is 0 Å². The highest BCUT2D eigenvalue weighted by Crippen LogP contribution is 2.32. The largest absolute Gasteiger partial charge is 0.493 e. The van der Waals surface area contributed by atoms with Crippen molar-refractivity contribution in [1.29, 1.82) is 0 Å². The molecule has 2 heterocycles. The first-order valence-electron chi connectivity index (χ1n) is 9.53. The summed E-state index contributed by atoms with van der Waals surface area (Å²) in [5.41, 5.74) is 1.44. The van der Waals surface area contributed by atoms with Crippen LogP contribution in [0.3, 0.4) is 0 Å². The van der Waals surface area contributed by atoms with Crippen LogP contribution in [0.25, 0.3) is 23.0 Å². The third-order valence-electron chi connectivity index (χ3n) is 4.69. The highest BCUT2D eigenvalue weighted by Gasteiger charge is 2.17. The van der Waals surface area contributed by atoms with Crippen LogP contribution >= 0.6 is 0 Å². The van der Waals surface area contributed by atoms with Gasteiger partial charge in [0.25, 0.3) is 5.89 Å². The van der Waals surface area contributed by atoms with Gasteiger partial charge in [0.15, 0.2) is 11.5 Å². The van der Waals surface area contributed by atoms with Crippen LogP contribution in [0.15, 0.2) is 41.1 Å². The van der Waals surface area contributed by atoms with Crippen LogP contribution in [-0.4, -0.2) is 53.3 Å². The zero-order valence-corrected chi connectivity index (χ0v) is 17.2. The number of ether oxygens (including phenoxy) is 2. The summed E-state index contributed by atoms with van der Waals surface area (Å²) in [6, 6.07) is 9.12. The van der Waals surface area contributed by atoms with Gasteiger partial charge in [-0.15, -0.1) is 0 Å². The summed E-state index contributed by atoms with van der Waals surface area (Å²) in [6.45, 7) is 3.07. The Labute approximate surface area is 170 Å². The molecule has 0 aliphatic heterocycles. The van der Waals surface area contributed by atoms with Crippen molar-refractivity contribution in [2.45, 2.75) is 26.3 Å². The number of aromatic nitrogens is 3. The Morgan fingerprint density at radius 1 is 1.21 bits per heavy atom. The lowest BCUT2D eigenvalue weighted by Gasteiger charge is -2.17. The van der Waals surface area contributed by atoms with E-state index in [0.717, 1.165) is 24.9 Å². The van der Waals surface area contributed by atoms with Gasteiger partial charge in [0.1, 0.15) is 12.2 Å². The molecular formula is C21H26N4O4. The van der Waals surface area contributed by atoms with Crippen molar-refractivity contribution < 1.29 is 18.8 Å². The van der Waals surface area contributed by atoms with Crippen molar-refractivity contribution in [3.63, 3.8) is 0 Å². The van der Waals surface area contributed by atoms with Crippen LogP contribution in [0, 0.1) is 0 Å². The summed E-state index contributed by atoms with van der Waals surface area (Å²) in [6.07, 6.45) is 3.87. The molecule has 8 heteroatoms. The van der Waals surface area contributed by atoms with Crippen molar-refractivity contribution in [2.24, 2.45) is 0 Å². The van der Waals surface area contributed by atoms with Gasteiger partial charge in [-0.2, -0.15) is 4.98 Å². The van der Waals surface area contributed by atoms with Crippen molar-refractivity contribution in [1.82, 2.24) is 19.6 Å². The number of carbonyl (C=O) groups is 1. The molecule has 0 aliphatic carbocycles. The lowest BCUT2D eigenvalue weighted by molar-refractivity contribution is -0.130. The van der Waals surface area contributed by atoms with E-state index in [1.165, 1.54) is 0 Å². The SMILES string of the molecule is CCCCN(C)C(=O)Cn1cccc1-c1nc(-c2ccc(OC)c(OC)c2)no1. The number of rotatable bonds is 9. The van der Waals surface area contributed by atoms with Crippen molar-refractivity contribution >= 4 is 5.91 Å². The van der Waals surface area contributed by atoms with Gasteiger partial charge in [0.05, 0.1) is 14.2 Å². The van der Waals surface area contributed by atoms with E-state index in [1.54, 1.807) is 31.3 Å². The molecule has 0 saturated carbocycles. The minimum absolute atomic E-state index is 0.0375. The van der Waals surface area contributed by atoms with Gasteiger partial charge < -0.3 is 23.5 Å². The number of benzene rings is 1. The molecule has 3 aromatic rings. The van der Waals surface area contributed by atoms with Crippen molar-refractivity contribution in [2.75, 3.05) is 27.8 Å². The van der Waals surface area contributed by atoms with Crippen LogP contribution in [0.5, 0.6) is 11.5 Å². The maximum Gasteiger partial charge on any atom is 0.274 e. The van der Waals surface area contributed by atoms with Gasteiger partial charge in [-0.3, -0.25) is 4.79 Å². The topological polar surface area (TPSA) is 82.6 Å². The number of likely N-dealkylation sites (N-methyl/N-ethyl adjacent to an activating group) is 1. The van der Waals surface area contributed by atoms with Crippen LogP contribution in [-0.2, 0) is 11.3 Å². The first-order chi connectivity index (χ1) is 14.1. The molecular weight excluding hydrogens is 372 g/mol. The number of amides is 1. The molecule has 0 N–H and O–H groups in total. The van der Waals surface area contributed by atoms with Crippen LogP contribution in [0.4, 0.5) is 0 Å². The Bertz CT molecular complexity index is 963. The van der Waals surface area contributed by atoms with E-state index in [-0.39, 0.29) is 12.5 Å². The minimum atomic E-state index is 0.0375. The molecule has 0 fully saturated rings. The molecule has 154 valence electrons. The third kappa shape index (κ3) is 4.59. The Balaban J connectivity index is 1.80. The summed E-state index contributed by atoms with van der Waals surface area (Å²) in [7, 11) is 4.98. The van der Waals surface area contributed by atoms with Gasteiger partial charge in [-0.1, -0.05) is 18.5 Å². The highest BCUT2D eigenvalue weighted by atomic mass is 16.5. The third-order valence-corrected chi connectivity index (χ3v) is 4.69. The molecule has 0 aliphatic rings. The first kappa shape index (κ1) is 20.4. The van der Waals surface area contributed by atoms with E-state index < -0.39 is 0 Å². The molecule has 0 saturated heterocycles. The summed E-state index contributed by atoms with van der Waals surface area (Å²) in [4.78, 5) is 18.7. The minimum Gasteiger partial charge on any atom is -0.493 e. The maximum atomic E-state index is 12.5. The highest BCUT2D eigenvalue weighted by molar-refractivity contribution is 5.76. The summed E-state index contributed by atoms with van der Waals surface area (Å²) in [5, 5.41) is 4.08. The normalized spacial score (nSPS) is 10.8. The summed E-state index contributed by atoms with van der Waals surface area (Å²) in [5.74, 6) is 2.03. The first-order valence-corrected chi connectivity index (χ1v) is 9.53. The average Bonchev–Trinajstić information content (AvgIpc) is 3.40. The van der Waals surface area contributed by atoms with Gasteiger partial charge in [0, 0.05) is 25.4 Å². The average molecular weight is 398 g/mol. The van der Waals surface area contributed by atoms with E-state index in [1.807, 2.05) is 36.0 Å². The molecule has 3 rings (SSSR count). The number of nitrogens with zero attached hydrogens (tertiary/aromatic N) is 4. The number of carbonyl (C=O) groups excluding carboxylic acids is 1. The maximum absolute atomic E-state index is 12.5. The number of hydrogen-bond acceptors (Lipinski definition) is 6. The second-order valence-electron chi connectivity index (χ2n) is 6.68. The van der Waals surface area contributed by atoms with Crippen LogP contribution in [0.1, 0.15) is 19.8 Å². The molecule has 0 unspecified atom stereocenters. The Hall–Kier alpha value is -3.29. The summed E-state index contributed by atoms with van der Waals surface area (Å²) >= 11 is 0. The molecule has 0 atom stereocenters. The molecule has 0 bridgehead atoms. The molecule has 8 nitrogen and oxygen atoms in total. The smallest absolute Gasteiger partial charge is 0.274 e. The number of unbranched alkanes of at least 4 members (excludes halogenated alkanes) is 1. The lowest BCUT2D eigenvalue weighted by Crippen LogP contribution is -2.31. The zero-order chi connectivity index (χ0) is 20.8. The van der Waals surface area contributed by atoms with E-state index >= 15 is 0 Å². The van der Waals surface area contributed by atoms with Crippen LogP contribution < -0.4 is 9.47 Å². The fourth-order valence-electron chi connectivity index (χ4n) is 2.95. The molecule has 29 heavy (non-hydrogen) atoms. The lowest BCUT2D eigenvalue weighted by atomic mass is 10.2. The van der Waals surface area contributed by atoms with E-state index in [9.17, 15) is 4.79 Å². The second-order valence-corrected chi connectivity index (χ2v) is 6.68. The van der Waals surface area contributed by atoms with Gasteiger partial charge in [-0.25, -0.2) is 0 Å². The Kier molecular flexibility index (Phi) is 6.54. The van der Waals surface area contributed by atoms with Gasteiger partial charge in [0.2, 0.25) is 11.7 Å². The monoisotopic (exact) mass is 398 g/mol. The Morgan fingerprint density at radius 3 is 2.72 bits per heavy atom. The fourth-order valence-corrected chi connectivity index (χ4v) is 2.95. The van der Waals surface area contributed by atoms with E-state index in [0.29, 0.717) is 28.9 Å². The number of methoxy groups -OCH3 is 2. The molecule has 1 aromatic carbocycles. The zero-order valence-electron chi connectivity index (χ0n) is 17.2. The van der Waals surface area contributed by atoms with Crippen molar-refractivity contribution in [3.05, 3.63) is 36.5 Å². The molecule has 0 spiro atoms. The van der Waals surface area contributed by atoms with E-state index in [4.69, 9.17) is 14.0 Å². The fraction of sp³-hybridized carbons (Fsp3) is 0.381. The predicted octanol–water partition coefficient (Wildman–Crippen LogP) is 3.48. The van der Waals surface area contributed by atoms with Crippen molar-refractivity contribution in [3.8, 4) is 34.5 Å². The second kappa shape index (κ2) is 9.27. The molecule has 2 aromatic heterocycles. The molecule has 0 radical (unpaired) electrons. The number of hydrogen-bond donors (Lipinski definition) is 0. The Morgan fingerprint density at radius 2 is 2.00 bits per heavy atom. The standard InChI is InChI=1S/C21H26N4O4/c1-5-6-11-24(2)19(26)14-25-12-7-8-16(25)21-22-20(23-29-21)15-9-10-17(27-3)18(13-15)28-4/h7-10,12-13H,5-6,11,14H2,1-4H3. The van der Waals surface area contributed by atoms with Crippen LogP contribution in [0.2, 0.25) is 0 Å². The predicted molar refractivity (Wildman–Crippen MR) is 109 cm³/mol. The van der Waals surface area contributed by atoms with Gasteiger partial charge in [-0.05, 0) is 36.8 Å². The quantitative estimate of drug-likeness (QED) is 0.549. The molecule has 1 amide bonds.